The van der Waals surface area contributed by atoms with E-state index in [-0.39, 0.29) is 0 Å². The molecule has 3 rings (SSSR count). The van der Waals surface area contributed by atoms with Crippen LogP contribution >= 0.6 is 0 Å². The molecule has 0 bridgehead atoms. The first-order valence-electron chi connectivity index (χ1n) is 7.83. The second kappa shape index (κ2) is 5.96. The van der Waals surface area contributed by atoms with Gasteiger partial charge in [0.2, 0.25) is 5.91 Å². The number of likely N-dealkylation sites (tertiary alicyclic amines) is 1. The van der Waals surface area contributed by atoms with E-state index >= 15 is 0 Å². The maximum atomic E-state index is 12.5. The Balaban J connectivity index is 1.59. The van der Waals surface area contributed by atoms with Crippen LogP contribution < -0.4 is 5.32 Å². The van der Waals surface area contributed by atoms with Crippen LogP contribution in [0.5, 0.6) is 0 Å². The van der Waals surface area contributed by atoms with Crippen LogP contribution in [0.25, 0.3) is 0 Å². The van der Waals surface area contributed by atoms with Gasteiger partial charge in [0.25, 0.3) is 0 Å². The minimum atomic E-state index is 0.343. The first-order chi connectivity index (χ1) is 9.79. The Morgan fingerprint density at radius 3 is 2.85 bits per heavy atom. The SMILES string of the molecule is CCC1C2CNCC2CN1C(=O)CCc1ccccc1. The lowest BCUT2D eigenvalue weighted by molar-refractivity contribution is -0.132. The number of rotatable bonds is 4. The lowest BCUT2D eigenvalue weighted by Gasteiger charge is -2.27. The number of amides is 1. The molecule has 3 nitrogen and oxygen atoms in total. The average Bonchev–Trinajstić information content (AvgIpc) is 3.06. The van der Waals surface area contributed by atoms with Crippen LogP contribution in [-0.4, -0.2) is 36.5 Å². The lowest BCUT2D eigenvalue weighted by Crippen LogP contribution is -2.39. The summed E-state index contributed by atoms with van der Waals surface area (Å²) >= 11 is 0. The number of hydrogen-bond donors (Lipinski definition) is 1. The van der Waals surface area contributed by atoms with Crippen molar-refractivity contribution in [3.63, 3.8) is 0 Å². The maximum Gasteiger partial charge on any atom is 0.223 e. The van der Waals surface area contributed by atoms with Crippen LogP contribution in [0.15, 0.2) is 30.3 Å². The van der Waals surface area contributed by atoms with E-state index in [0.29, 0.717) is 30.2 Å². The van der Waals surface area contributed by atoms with Gasteiger partial charge in [-0.25, -0.2) is 0 Å². The highest BCUT2D eigenvalue weighted by molar-refractivity contribution is 5.77. The molecule has 0 spiro atoms. The fraction of sp³-hybridized carbons (Fsp3) is 0.588. The third kappa shape index (κ3) is 2.59. The molecule has 2 saturated heterocycles. The first-order valence-corrected chi connectivity index (χ1v) is 7.83. The highest BCUT2D eigenvalue weighted by Gasteiger charge is 2.44. The third-order valence-corrected chi connectivity index (χ3v) is 4.93. The van der Waals surface area contributed by atoms with Gasteiger partial charge in [-0.1, -0.05) is 37.3 Å². The summed E-state index contributed by atoms with van der Waals surface area (Å²) in [5, 5.41) is 3.47. The van der Waals surface area contributed by atoms with Crippen LogP contribution in [-0.2, 0) is 11.2 Å². The normalized spacial score (nSPS) is 28.6. The van der Waals surface area contributed by atoms with Crippen LogP contribution in [0.3, 0.4) is 0 Å². The summed E-state index contributed by atoms with van der Waals surface area (Å²) in [4.78, 5) is 14.7. The number of benzene rings is 1. The molecular formula is C17H24N2O. The zero-order valence-corrected chi connectivity index (χ0v) is 12.2. The molecule has 0 aromatic heterocycles. The molecule has 1 amide bonds. The molecule has 20 heavy (non-hydrogen) atoms. The molecule has 2 fully saturated rings. The van der Waals surface area contributed by atoms with E-state index in [4.69, 9.17) is 0 Å². The van der Waals surface area contributed by atoms with Gasteiger partial charge in [-0.15, -0.1) is 0 Å². The Morgan fingerprint density at radius 1 is 1.30 bits per heavy atom. The predicted octanol–water partition coefficient (Wildman–Crippen LogP) is 2.08. The molecule has 2 aliphatic heterocycles. The Hall–Kier alpha value is -1.35. The molecule has 2 aliphatic rings. The second-order valence-electron chi connectivity index (χ2n) is 6.09. The lowest BCUT2D eigenvalue weighted by atomic mass is 9.93. The number of aryl methyl sites for hydroxylation is 1. The molecule has 1 aromatic rings. The highest BCUT2D eigenvalue weighted by atomic mass is 16.2. The quantitative estimate of drug-likeness (QED) is 0.910. The zero-order valence-electron chi connectivity index (χ0n) is 12.2. The van der Waals surface area contributed by atoms with Gasteiger partial charge in [0, 0.05) is 32.1 Å². The summed E-state index contributed by atoms with van der Waals surface area (Å²) in [6, 6.07) is 10.8. The van der Waals surface area contributed by atoms with Gasteiger partial charge in [-0.05, 0) is 30.2 Å². The van der Waals surface area contributed by atoms with Gasteiger partial charge in [0.05, 0.1) is 0 Å². The fourth-order valence-electron chi connectivity index (χ4n) is 3.87. The summed E-state index contributed by atoms with van der Waals surface area (Å²) in [6.07, 6.45) is 2.59. The first kappa shape index (κ1) is 13.6. The van der Waals surface area contributed by atoms with Gasteiger partial charge < -0.3 is 10.2 Å². The zero-order chi connectivity index (χ0) is 13.9. The van der Waals surface area contributed by atoms with Crippen molar-refractivity contribution in [1.82, 2.24) is 10.2 Å². The van der Waals surface area contributed by atoms with E-state index in [9.17, 15) is 4.79 Å². The smallest absolute Gasteiger partial charge is 0.223 e. The Kier molecular flexibility index (Phi) is 4.06. The summed E-state index contributed by atoms with van der Waals surface area (Å²) < 4.78 is 0. The predicted molar refractivity (Wildman–Crippen MR) is 80.4 cm³/mol. The minimum absolute atomic E-state index is 0.343. The van der Waals surface area contributed by atoms with E-state index in [1.54, 1.807) is 0 Å². The van der Waals surface area contributed by atoms with E-state index in [1.165, 1.54) is 5.56 Å². The Labute approximate surface area is 121 Å². The summed E-state index contributed by atoms with van der Waals surface area (Å²) in [5.41, 5.74) is 1.26. The summed E-state index contributed by atoms with van der Waals surface area (Å²) in [5.74, 6) is 1.71. The molecule has 3 atom stereocenters. The number of nitrogens with one attached hydrogen (secondary N) is 1. The van der Waals surface area contributed by atoms with Crippen LogP contribution in [0.4, 0.5) is 0 Å². The van der Waals surface area contributed by atoms with Gasteiger partial charge in [0.1, 0.15) is 0 Å². The van der Waals surface area contributed by atoms with Crippen molar-refractivity contribution in [1.29, 1.82) is 0 Å². The second-order valence-corrected chi connectivity index (χ2v) is 6.09. The molecule has 0 aliphatic carbocycles. The Morgan fingerprint density at radius 2 is 2.10 bits per heavy atom. The van der Waals surface area contributed by atoms with Crippen molar-refractivity contribution in [2.45, 2.75) is 32.2 Å². The molecule has 0 saturated carbocycles. The van der Waals surface area contributed by atoms with E-state index in [2.05, 4.69) is 29.3 Å². The maximum absolute atomic E-state index is 12.5. The van der Waals surface area contributed by atoms with Crippen molar-refractivity contribution < 1.29 is 4.79 Å². The van der Waals surface area contributed by atoms with Crippen molar-refractivity contribution in [2.75, 3.05) is 19.6 Å². The number of carbonyl (C=O) groups is 1. The van der Waals surface area contributed by atoms with Gasteiger partial charge >= 0.3 is 0 Å². The largest absolute Gasteiger partial charge is 0.339 e. The third-order valence-electron chi connectivity index (χ3n) is 4.93. The van der Waals surface area contributed by atoms with Crippen LogP contribution in [0.1, 0.15) is 25.3 Å². The van der Waals surface area contributed by atoms with Crippen molar-refractivity contribution in [2.24, 2.45) is 11.8 Å². The summed E-state index contributed by atoms with van der Waals surface area (Å²) in [7, 11) is 0. The average molecular weight is 272 g/mol. The molecule has 2 heterocycles. The van der Waals surface area contributed by atoms with Crippen molar-refractivity contribution in [3.05, 3.63) is 35.9 Å². The Bertz CT molecular complexity index is 459. The van der Waals surface area contributed by atoms with E-state index < -0.39 is 0 Å². The van der Waals surface area contributed by atoms with Gasteiger partial charge in [-0.3, -0.25) is 4.79 Å². The van der Waals surface area contributed by atoms with E-state index in [0.717, 1.165) is 32.5 Å². The number of fused-ring (bicyclic) bond motifs is 1. The minimum Gasteiger partial charge on any atom is -0.339 e. The van der Waals surface area contributed by atoms with Crippen LogP contribution in [0, 0.1) is 11.8 Å². The van der Waals surface area contributed by atoms with Crippen LogP contribution in [0.2, 0.25) is 0 Å². The van der Waals surface area contributed by atoms with Crippen molar-refractivity contribution in [3.8, 4) is 0 Å². The molecule has 3 unspecified atom stereocenters. The standard InChI is InChI=1S/C17H24N2O/c1-2-16-15-11-18-10-14(15)12-19(16)17(20)9-8-13-6-4-3-5-7-13/h3-7,14-16,18H,2,8-12H2,1H3. The monoisotopic (exact) mass is 272 g/mol. The molecular weight excluding hydrogens is 248 g/mol. The number of carbonyl (C=O) groups excluding carboxylic acids is 1. The van der Waals surface area contributed by atoms with Gasteiger partial charge in [-0.2, -0.15) is 0 Å². The molecule has 1 N–H and O–H groups in total. The number of nitrogens with zero attached hydrogens (tertiary/aromatic N) is 1. The van der Waals surface area contributed by atoms with Crippen molar-refractivity contribution >= 4 is 5.91 Å². The molecule has 108 valence electrons. The summed E-state index contributed by atoms with van der Waals surface area (Å²) in [6.45, 7) is 5.35. The molecule has 0 radical (unpaired) electrons. The van der Waals surface area contributed by atoms with Gasteiger partial charge in [0.15, 0.2) is 0 Å². The molecule has 3 heteroatoms. The fourth-order valence-corrected chi connectivity index (χ4v) is 3.87. The van der Waals surface area contributed by atoms with E-state index in [1.807, 2.05) is 18.2 Å². The molecule has 1 aromatic carbocycles. The number of hydrogen-bond acceptors (Lipinski definition) is 2. The topological polar surface area (TPSA) is 32.3 Å². The highest BCUT2D eigenvalue weighted by Crippen LogP contribution is 2.34.